The standard InChI is InChI=1S/C17H21BN2O4/c1-16(2)17(3,4)24-18(23-16)13(10-22)5-11-6-14-12(9-21)8-20-15(14)19-7-11/h5-9,22H,10H2,1-4H3,(H,19,20). The largest absolute Gasteiger partial charge is 0.492 e. The molecule has 0 atom stereocenters. The van der Waals surface area contributed by atoms with E-state index < -0.39 is 18.3 Å². The highest BCUT2D eigenvalue weighted by Gasteiger charge is 2.52. The maximum Gasteiger partial charge on any atom is 0.492 e. The van der Waals surface area contributed by atoms with Crippen molar-refractivity contribution in [3.05, 3.63) is 35.1 Å². The van der Waals surface area contributed by atoms with Gasteiger partial charge in [0.15, 0.2) is 6.29 Å². The van der Waals surface area contributed by atoms with E-state index in [1.165, 1.54) is 0 Å². The first-order valence-electron chi connectivity index (χ1n) is 7.87. The molecule has 2 aromatic heterocycles. The van der Waals surface area contributed by atoms with Crippen molar-refractivity contribution in [2.24, 2.45) is 0 Å². The average Bonchev–Trinajstić information content (AvgIpc) is 3.02. The molecule has 0 saturated carbocycles. The number of fused-ring (bicyclic) bond motifs is 1. The van der Waals surface area contributed by atoms with E-state index in [2.05, 4.69) is 9.97 Å². The fraction of sp³-hybridized carbons (Fsp3) is 0.412. The highest BCUT2D eigenvalue weighted by Crippen LogP contribution is 2.38. The molecule has 7 heteroatoms. The number of carbonyl (C=O) groups is 1. The number of aromatic nitrogens is 2. The van der Waals surface area contributed by atoms with Crippen LogP contribution in [0.15, 0.2) is 23.9 Å². The summed E-state index contributed by atoms with van der Waals surface area (Å²) < 4.78 is 11.9. The number of nitrogens with one attached hydrogen (secondary N) is 1. The van der Waals surface area contributed by atoms with Gasteiger partial charge in [0.05, 0.1) is 17.8 Å². The predicted octanol–water partition coefficient (Wildman–Crippen LogP) is 2.38. The Morgan fingerprint density at radius 2 is 2.00 bits per heavy atom. The van der Waals surface area contributed by atoms with Crippen LogP contribution >= 0.6 is 0 Å². The third kappa shape index (κ3) is 2.79. The molecule has 0 amide bonds. The summed E-state index contributed by atoms with van der Waals surface area (Å²) in [5, 5.41) is 10.5. The third-order valence-corrected chi connectivity index (χ3v) is 4.80. The Morgan fingerprint density at radius 3 is 2.58 bits per heavy atom. The molecule has 1 aliphatic rings. The van der Waals surface area contributed by atoms with E-state index in [0.29, 0.717) is 16.7 Å². The first kappa shape index (κ1) is 16.9. The Hall–Kier alpha value is -1.96. The predicted molar refractivity (Wildman–Crippen MR) is 92.6 cm³/mol. The second-order valence-electron chi connectivity index (χ2n) is 6.99. The van der Waals surface area contributed by atoms with Gasteiger partial charge in [-0.2, -0.15) is 0 Å². The maximum atomic E-state index is 11.1. The number of pyridine rings is 1. The molecule has 126 valence electrons. The van der Waals surface area contributed by atoms with Crippen LogP contribution < -0.4 is 0 Å². The first-order valence-corrected chi connectivity index (χ1v) is 7.87. The van der Waals surface area contributed by atoms with Crippen LogP contribution in [0, 0.1) is 0 Å². The van der Waals surface area contributed by atoms with Crippen molar-refractivity contribution < 1.29 is 19.2 Å². The third-order valence-electron chi connectivity index (χ3n) is 4.80. The van der Waals surface area contributed by atoms with Crippen LogP contribution in [0.4, 0.5) is 0 Å². The normalized spacial score (nSPS) is 19.9. The van der Waals surface area contributed by atoms with Gasteiger partial charge in [0.1, 0.15) is 5.65 Å². The number of hydrogen-bond donors (Lipinski definition) is 2. The van der Waals surface area contributed by atoms with Gasteiger partial charge in [-0.25, -0.2) is 4.98 Å². The zero-order valence-electron chi connectivity index (χ0n) is 14.3. The summed E-state index contributed by atoms with van der Waals surface area (Å²) >= 11 is 0. The number of rotatable bonds is 4. The monoisotopic (exact) mass is 328 g/mol. The smallest absolute Gasteiger partial charge is 0.400 e. The highest BCUT2D eigenvalue weighted by molar-refractivity contribution is 6.55. The van der Waals surface area contributed by atoms with Crippen LogP contribution in [0.25, 0.3) is 17.1 Å². The van der Waals surface area contributed by atoms with Gasteiger partial charge in [-0.1, -0.05) is 6.08 Å². The minimum absolute atomic E-state index is 0.192. The van der Waals surface area contributed by atoms with Crippen molar-refractivity contribution in [3.8, 4) is 0 Å². The number of hydrogen-bond acceptors (Lipinski definition) is 5. The van der Waals surface area contributed by atoms with Crippen molar-refractivity contribution in [1.29, 1.82) is 0 Å². The average molecular weight is 328 g/mol. The molecule has 0 radical (unpaired) electrons. The first-order chi connectivity index (χ1) is 11.3. The fourth-order valence-electron chi connectivity index (χ4n) is 2.61. The van der Waals surface area contributed by atoms with Crippen molar-refractivity contribution >= 4 is 30.5 Å². The Morgan fingerprint density at radius 1 is 1.33 bits per heavy atom. The quantitative estimate of drug-likeness (QED) is 0.665. The summed E-state index contributed by atoms with van der Waals surface area (Å²) in [7, 11) is -0.618. The van der Waals surface area contributed by atoms with Crippen LogP contribution in [0.2, 0.25) is 0 Å². The molecule has 0 aliphatic carbocycles. The molecule has 2 aromatic rings. The van der Waals surface area contributed by atoms with E-state index in [0.717, 1.165) is 17.2 Å². The van der Waals surface area contributed by atoms with Crippen LogP contribution in [0.1, 0.15) is 43.6 Å². The Balaban J connectivity index is 1.95. The van der Waals surface area contributed by atoms with E-state index in [1.54, 1.807) is 18.5 Å². The van der Waals surface area contributed by atoms with E-state index in [4.69, 9.17) is 9.31 Å². The number of aldehydes is 1. The van der Waals surface area contributed by atoms with E-state index in [-0.39, 0.29) is 6.61 Å². The molecule has 2 N–H and O–H groups in total. The van der Waals surface area contributed by atoms with Gasteiger partial charge in [-0.05, 0) is 44.8 Å². The van der Waals surface area contributed by atoms with Crippen LogP contribution in [-0.4, -0.2) is 46.3 Å². The zero-order valence-corrected chi connectivity index (χ0v) is 14.3. The number of carbonyl (C=O) groups excluding carboxylic acids is 1. The number of aromatic amines is 1. The molecule has 0 bridgehead atoms. The molecule has 6 nitrogen and oxygen atoms in total. The SMILES string of the molecule is CC1(C)OB(C(=Cc2cnc3[nH]cc(C=O)c3c2)CO)OC1(C)C. The number of aliphatic hydroxyl groups excluding tert-OH is 1. The molecule has 0 spiro atoms. The second kappa shape index (κ2) is 5.84. The Bertz CT molecular complexity index is 794. The summed E-state index contributed by atoms with van der Waals surface area (Å²) in [6.45, 7) is 7.66. The lowest BCUT2D eigenvalue weighted by Gasteiger charge is -2.32. The number of H-pyrrole nitrogens is 1. The van der Waals surface area contributed by atoms with Crippen molar-refractivity contribution in [2.45, 2.75) is 38.9 Å². The molecule has 24 heavy (non-hydrogen) atoms. The number of aliphatic hydroxyl groups is 1. The van der Waals surface area contributed by atoms with E-state index in [9.17, 15) is 9.90 Å². The molecule has 0 aromatic carbocycles. The molecule has 0 unspecified atom stereocenters. The van der Waals surface area contributed by atoms with E-state index in [1.807, 2.05) is 33.8 Å². The lowest BCUT2D eigenvalue weighted by atomic mass is 9.77. The maximum absolute atomic E-state index is 11.1. The Labute approximate surface area is 141 Å². The molecule has 3 heterocycles. The van der Waals surface area contributed by atoms with Gasteiger partial charge in [-0.15, -0.1) is 0 Å². The van der Waals surface area contributed by atoms with Crippen molar-refractivity contribution in [1.82, 2.24) is 9.97 Å². The summed E-state index contributed by atoms with van der Waals surface area (Å²) in [4.78, 5) is 18.3. The van der Waals surface area contributed by atoms with Crippen LogP contribution in [0.5, 0.6) is 0 Å². The molecule has 1 aliphatic heterocycles. The van der Waals surface area contributed by atoms with Gasteiger partial charge in [0.25, 0.3) is 0 Å². The summed E-state index contributed by atoms with van der Waals surface area (Å²) in [6.07, 6.45) is 5.87. The molecule has 3 rings (SSSR count). The lowest BCUT2D eigenvalue weighted by Crippen LogP contribution is -2.41. The molecular formula is C17H21BN2O4. The molecule has 1 saturated heterocycles. The van der Waals surface area contributed by atoms with Gasteiger partial charge >= 0.3 is 7.12 Å². The van der Waals surface area contributed by atoms with Gasteiger partial charge < -0.3 is 19.4 Å². The lowest BCUT2D eigenvalue weighted by molar-refractivity contribution is 0.00578. The van der Waals surface area contributed by atoms with Gasteiger partial charge in [-0.3, -0.25) is 4.79 Å². The number of nitrogens with zero attached hydrogens (tertiary/aromatic N) is 1. The van der Waals surface area contributed by atoms with E-state index >= 15 is 0 Å². The highest BCUT2D eigenvalue weighted by atomic mass is 16.7. The summed E-state index contributed by atoms with van der Waals surface area (Å²) in [5.41, 5.74) is 1.63. The molecule has 1 fully saturated rings. The zero-order chi connectivity index (χ0) is 17.5. The summed E-state index contributed by atoms with van der Waals surface area (Å²) in [5.74, 6) is 0. The van der Waals surface area contributed by atoms with Gasteiger partial charge in [0.2, 0.25) is 0 Å². The Kier molecular flexibility index (Phi) is 4.11. The summed E-state index contributed by atoms with van der Waals surface area (Å²) in [6, 6.07) is 1.85. The molecular weight excluding hydrogens is 307 g/mol. The van der Waals surface area contributed by atoms with Gasteiger partial charge in [0, 0.05) is 23.3 Å². The van der Waals surface area contributed by atoms with Crippen molar-refractivity contribution in [3.63, 3.8) is 0 Å². The van der Waals surface area contributed by atoms with Crippen LogP contribution in [-0.2, 0) is 9.31 Å². The fourth-order valence-corrected chi connectivity index (χ4v) is 2.61. The minimum Gasteiger partial charge on any atom is -0.400 e. The van der Waals surface area contributed by atoms with Crippen molar-refractivity contribution in [2.75, 3.05) is 6.61 Å². The second-order valence-corrected chi connectivity index (χ2v) is 6.99. The minimum atomic E-state index is -0.618. The van der Waals surface area contributed by atoms with Crippen LogP contribution in [0.3, 0.4) is 0 Å². The topological polar surface area (TPSA) is 84.4 Å².